The number of aliphatic hydroxyl groups is 1. The molecule has 14 nitrogen and oxygen atoms in total. The van der Waals surface area contributed by atoms with E-state index in [0.29, 0.717) is 16.7 Å². The van der Waals surface area contributed by atoms with Crippen molar-refractivity contribution in [2.75, 3.05) is 13.1 Å². The molecule has 2 N–H and O–H groups in total. The van der Waals surface area contributed by atoms with Crippen molar-refractivity contribution in [3.05, 3.63) is 94.6 Å². The number of carbonyl (C=O) groups excluding carboxylic acids is 6. The first kappa shape index (κ1) is 48.3. The summed E-state index contributed by atoms with van der Waals surface area (Å²) >= 11 is 0. The third-order valence-corrected chi connectivity index (χ3v) is 14.7. The van der Waals surface area contributed by atoms with Crippen LogP contribution in [0.3, 0.4) is 0 Å². The largest absolute Gasteiger partial charge is 0.457 e. The lowest BCUT2D eigenvalue weighted by Crippen LogP contribution is -2.80. The van der Waals surface area contributed by atoms with E-state index in [0.717, 1.165) is 0 Å². The number of hydrogen-bond acceptors (Lipinski definition) is 13. The molecule has 1 heterocycles. The van der Waals surface area contributed by atoms with Crippen LogP contribution in [-0.2, 0) is 47.7 Å². The Labute approximate surface area is 375 Å². The maximum absolute atomic E-state index is 15.7. The number of rotatable bonds is 12. The highest BCUT2D eigenvalue weighted by Gasteiger charge is 2.77. The predicted octanol–water partition coefficient (Wildman–Crippen LogP) is 5.80. The summed E-state index contributed by atoms with van der Waals surface area (Å²) < 4.78 is 31.3. The third kappa shape index (κ3) is 8.12. The second kappa shape index (κ2) is 18.0. The summed E-state index contributed by atoms with van der Waals surface area (Å²) in [6.07, 6.45) is -3.91. The average molecular weight is 884 g/mol. The van der Waals surface area contributed by atoms with Crippen LogP contribution in [0.25, 0.3) is 0 Å². The normalized spacial score (nSPS) is 31.6. The van der Waals surface area contributed by atoms with Gasteiger partial charge in [-0.1, -0.05) is 89.1 Å². The van der Waals surface area contributed by atoms with Crippen LogP contribution < -0.4 is 0 Å². The Morgan fingerprint density at radius 2 is 1.56 bits per heavy atom. The number of allylic oxidation sites excluding steroid dienone is 1. The minimum absolute atomic E-state index is 0.115. The Kier molecular flexibility index (Phi) is 13.6. The molecule has 6 rings (SSSR count). The highest BCUT2D eigenvalue weighted by molar-refractivity contribution is 6.49. The quantitative estimate of drug-likeness (QED) is 0.0855. The highest BCUT2D eigenvalue weighted by atomic mass is 16.6. The molecule has 4 aliphatic rings. The van der Waals surface area contributed by atoms with Gasteiger partial charge in [-0.2, -0.15) is 0 Å². The van der Waals surface area contributed by atoms with Gasteiger partial charge in [0.2, 0.25) is 5.91 Å². The first-order valence-corrected chi connectivity index (χ1v) is 22.1. The average Bonchev–Trinajstić information content (AvgIpc) is 3.24. The summed E-state index contributed by atoms with van der Waals surface area (Å²) in [7, 11) is 0. The summed E-state index contributed by atoms with van der Waals surface area (Å²) in [4.78, 5) is 86.7. The number of ketones is 1. The smallest absolute Gasteiger partial charge is 0.338 e. The molecule has 2 aromatic carbocycles. The molecule has 1 saturated heterocycles. The van der Waals surface area contributed by atoms with Crippen LogP contribution in [-0.4, -0.2) is 106 Å². The minimum atomic E-state index is -2.23. The van der Waals surface area contributed by atoms with Gasteiger partial charge in [-0.05, 0) is 68.9 Å². The number of fused-ring (bicyclic) bond motifs is 5. The van der Waals surface area contributed by atoms with Gasteiger partial charge in [0.05, 0.1) is 30.0 Å². The standard InChI is InChI=1S/C49H62BNO13/c1-12-27(2)43(55)51(26-50(11)59)38(33-19-15-13-16-20-33)30(5)44(56)62-35-24-49(58)42(63-45(57)34-21-17-14-18-22-34)40-47(10,28(3)23-36-48(40,25-60-36)64-32(7)53)41(54)39(61-31(6)52)37(29(35)4)46(49,8)9/h12-22,28,30,35-36,38-40,42,58-59H,23-26H2,1-11H3/b27-12+/t28-,30+,35-,36+,38+,39+,40-,42-,47+,48-,49+/m0/s1. The van der Waals surface area contributed by atoms with Gasteiger partial charge in [0, 0.05) is 43.1 Å². The second-order valence-corrected chi connectivity index (χ2v) is 19.0. The van der Waals surface area contributed by atoms with Gasteiger partial charge < -0.3 is 38.7 Å². The van der Waals surface area contributed by atoms with Gasteiger partial charge in [-0.25, -0.2) is 4.79 Å². The Balaban J connectivity index is 1.57. The lowest BCUT2D eigenvalue weighted by atomic mass is 9.43. The van der Waals surface area contributed by atoms with Crippen molar-refractivity contribution in [3.8, 4) is 0 Å². The Bertz CT molecular complexity index is 2220. The summed E-state index contributed by atoms with van der Waals surface area (Å²) in [6.45, 7) is 16.3. The van der Waals surface area contributed by atoms with Crippen molar-refractivity contribution >= 4 is 42.5 Å². The van der Waals surface area contributed by atoms with Crippen LogP contribution in [0.2, 0.25) is 6.82 Å². The van der Waals surface area contributed by atoms with Gasteiger partial charge in [0.25, 0.3) is 0 Å². The molecular formula is C49H62BNO13. The van der Waals surface area contributed by atoms with Gasteiger partial charge in [0.15, 0.2) is 17.5 Å². The zero-order chi connectivity index (χ0) is 47.3. The molecule has 1 aliphatic heterocycles. The lowest BCUT2D eigenvalue weighted by Gasteiger charge is -2.68. The Morgan fingerprint density at radius 3 is 2.09 bits per heavy atom. The SMILES string of the molecule is C/C=C(\C)C(=O)N(CB(C)O)[C@@H](c1ccccc1)[C@@H](C)C(=O)O[C@H]1C[C@@]2(O)[C@@H](OC(=O)c3ccccc3)[C@@H]3[C@]4(OC(C)=O)CO[C@@H]4C[C@H](C)[C@@]3(C)C(=O)[C@H](OC(C)=O)C(=C1C)C2(C)C. The monoisotopic (exact) mass is 883 g/mol. The molecule has 64 heavy (non-hydrogen) atoms. The van der Waals surface area contributed by atoms with E-state index in [1.165, 1.54) is 18.7 Å². The fourth-order valence-corrected chi connectivity index (χ4v) is 11.0. The van der Waals surface area contributed by atoms with Gasteiger partial charge in [0.1, 0.15) is 23.9 Å². The number of ether oxygens (including phenoxy) is 5. The zero-order valence-corrected chi connectivity index (χ0v) is 38.7. The molecule has 344 valence electrons. The van der Waals surface area contributed by atoms with E-state index in [9.17, 15) is 34.1 Å². The zero-order valence-electron chi connectivity index (χ0n) is 38.7. The molecule has 0 spiro atoms. The first-order chi connectivity index (χ1) is 30.0. The van der Waals surface area contributed by atoms with Gasteiger partial charge in [-0.15, -0.1) is 0 Å². The van der Waals surface area contributed by atoms with E-state index in [1.54, 1.807) is 122 Å². The molecule has 2 aromatic rings. The number of esters is 4. The van der Waals surface area contributed by atoms with Crippen LogP contribution in [0.15, 0.2) is 83.5 Å². The van der Waals surface area contributed by atoms with E-state index < -0.39 is 113 Å². The summed E-state index contributed by atoms with van der Waals surface area (Å²) in [5.74, 6) is -6.96. The number of amides is 1. The molecule has 1 amide bonds. The number of hydrogen-bond donors (Lipinski definition) is 2. The maximum Gasteiger partial charge on any atom is 0.338 e. The molecule has 0 unspecified atom stereocenters. The maximum atomic E-state index is 15.7. The molecule has 2 bridgehead atoms. The molecule has 15 heteroatoms. The number of benzene rings is 2. The Morgan fingerprint density at radius 1 is 0.953 bits per heavy atom. The highest BCUT2D eigenvalue weighted by Crippen LogP contribution is 2.65. The molecular weight excluding hydrogens is 821 g/mol. The van der Waals surface area contributed by atoms with Crippen LogP contribution in [0.4, 0.5) is 0 Å². The number of carbonyl (C=O) groups is 6. The van der Waals surface area contributed by atoms with E-state index in [4.69, 9.17) is 23.7 Å². The summed E-state index contributed by atoms with van der Waals surface area (Å²) in [5.41, 5.74) is -5.30. The van der Waals surface area contributed by atoms with E-state index in [1.807, 2.05) is 6.92 Å². The van der Waals surface area contributed by atoms with Crippen molar-refractivity contribution in [1.29, 1.82) is 0 Å². The Hall–Kier alpha value is -5.12. The number of Topliss-reactive ketones (excluding diaryl/α,β-unsaturated/α-hetero) is 1. The van der Waals surface area contributed by atoms with Crippen LogP contribution in [0, 0.1) is 28.6 Å². The molecule has 0 radical (unpaired) electrons. The van der Waals surface area contributed by atoms with Gasteiger partial charge >= 0.3 is 30.8 Å². The van der Waals surface area contributed by atoms with E-state index >= 15 is 4.79 Å². The third-order valence-electron chi connectivity index (χ3n) is 14.7. The fraction of sp³-hybridized carbons (Fsp3) is 0.551. The van der Waals surface area contributed by atoms with Crippen molar-refractivity contribution in [3.63, 3.8) is 0 Å². The first-order valence-electron chi connectivity index (χ1n) is 22.1. The summed E-state index contributed by atoms with van der Waals surface area (Å²) in [6, 6.07) is 16.1. The van der Waals surface area contributed by atoms with Gasteiger partial charge in [-0.3, -0.25) is 24.0 Å². The molecule has 0 aromatic heterocycles. The van der Waals surface area contributed by atoms with Crippen LogP contribution in [0.5, 0.6) is 0 Å². The fourth-order valence-electron chi connectivity index (χ4n) is 11.0. The second-order valence-electron chi connectivity index (χ2n) is 19.0. The topological polar surface area (TPSA) is 192 Å². The lowest BCUT2D eigenvalue weighted by molar-refractivity contribution is -0.340. The van der Waals surface area contributed by atoms with E-state index in [-0.39, 0.29) is 37.0 Å². The summed E-state index contributed by atoms with van der Waals surface area (Å²) in [5, 5.41) is 24.5. The van der Waals surface area contributed by atoms with Crippen molar-refractivity contribution in [2.45, 2.75) is 131 Å². The minimum Gasteiger partial charge on any atom is -0.457 e. The van der Waals surface area contributed by atoms with Crippen LogP contribution >= 0.6 is 0 Å². The molecule has 3 fully saturated rings. The van der Waals surface area contributed by atoms with Crippen molar-refractivity contribution < 1.29 is 62.6 Å². The predicted molar refractivity (Wildman–Crippen MR) is 235 cm³/mol. The molecule has 11 atom stereocenters. The molecule has 3 aliphatic carbocycles. The van der Waals surface area contributed by atoms with E-state index in [2.05, 4.69) is 0 Å². The number of nitrogens with zero attached hydrogens (tertiary/aromatic N) is 1. The van der Waals surface area contributed by atoms with Crippen molar-refractivity contribution in [2.24, 2.45) is 28.6 Å². The van der Waals surface area contributed by atoms with Crippen molar-refractivity contribution in [1.82, 2.24) is 4.90 Å². The molecule has 2 saturated carbocycles. The van der Waals surface area contributed by atoms with Crippen LogP contribution in [0.1, 0.15) is 104 Å².